The average Bonchev–Trinajstić information content (AvgIpc) is 2.26. The van der Waals surface area contributed by atoms with E-state index in [0.717, 1.165) is 17.9 Å². The molecule has 1 aliphatic rings. The van der Waals surface area contributed by atoms with Crippen molar-refractivity contribution < 1.29 is 9.47 Å². The van der Waals surface area contributed by atoms with E-state index in [9.17, 15) is 0 Å². The second-order valence-corrected chi connectivity index (χ2v) is 2.78. The SMILES string of the molecule is COC1=CC=C(OC)CC(C)=C1. The monoisotopic (exact) mass is 166 g/mol. The molecule has 0 fully saturated rings. The van der Waals surface area contributed by atoms with Gasteiger partial charge >= 0.3 is 0 Å². The minimum atomic E-state index is 0.861. The summed E-state index contributed by atoms with van der Waals surface area (Å²) in [5.74, 6) is 1.84. The molecule has 2 heteroatoms. The smallest absolute Gasteiger partial charge is 0.118 e. The molecule has 12 heavy (non-hydrogen) atoms. The first-order chi connectivity index (χ1) is 5.76. The minimum Gasteiger partial charge on any atom is -0.501 e. The summed E-state index contributed by atoms with van der Waals surface area (Å²) in [5, 5.41) is 0. The van der Waals surface area contributed by atoms with Gasteiger partial charge in [-0.15, -0.1) is 0 Å². The summed E-state index contributed by atoms with van der Waals surface area (Å²) in [6, 6.07) is 0. The summed E-state index contributed by atoms with van der Waals surface area (Å²) in [6.45, 7) is 2.06. The van der Waals surface area contributed by atoms with Gasteiger partial charge in [-0.2, -0.15) is 0 Å². The molecule has 0 saturated heterocycles. The molecule has 1 aliphatic carbocycles. The molecule has 0 amide bonds. The fourth-order valence-electron chi connectivity index (χ4n) is 1.12. The topological polar surface area (TPSA) is 18.5 Å². The van der Waals surface area contributed by atoms with Crippen LogP contribution in [0.3, 0.4) is 0 Å². The Kier molecular flexibility index (Phi) is 2.97. The number of hydrogen-bond acceptors (Lipinski definition) is 2. The molecule has 0 atom stereocenters. The third-order valence-corrected chi connectivity index (χ3v) is 1.77. The third-order valence-electron chi connectivity index (χ3n) is 1.77. The molecule has 0 bridgehead atoms. The Labute approximate surface area is 73.2 Å². The van der Waals surface area contributed by atoms with Crippen LogP contribution in [0.25, 0.3) is 0 Å². The lowest BCUT2D eigenvalue weighted by Gasteiger charge is -2.03. The lowest BCUT2D eigenvalue weighted by Crippen LogP contribution is -1.86. The molecule has 0 radical (unpaired) electrons. The molecular weight excluding hydrogens is 152 g/mol. The Morgan fingerprint density at radius 3 is 2.50 bits per heavy atom. The van der Waals surface area contributed by atoms with Crippen LogP contribution < -0.4 is 0 Å². The Morgan fingerprint density at radius 1 is 1.17 bits per heavy atom. The molecular formula is C10H14O2. The lowest BCUT2D eigenvalue weighted by atomic mass is 10.2. The van der Waals surface area contributed by atoms with E-state index in [1.54, 1.807) is 14.2 Å². The van der Waals surface area contributed by atoms with Crippen LogP contribution in [0.2, 0.25) is 0 Å². The highest BCUT2D eigenvalue weighted by atomic mass is 16.5. The van der Waals surface area contributed by atoms with Crippen LogP contribution in [-0.2, 0) is 9.47 Å². The first-order valence-electron chi connectivity index (χ1n) is 3.92. The highest BCUT2D eigenvalue weighted by Crippen LogP contribution is 2.17. The molecule has 0 heterocycles. The van der Waals surface area contributed by atoms with Crippen molar-refractivity contribution in [2.24, 2.45) is 0 Å². The molecule has 0 aliphatic heterocycles. The van der Waals surface area contributed by atoms with Crippen molar-refractivity contribution in [1.29, 1.82) is 0 Å². The van der Waals surface area contributed by atoms with Gasteiger partial charge in [-0.3, -0.25) is 0 Å². The minimum absolute atomic E-state index is 0.861. The van der Waals surface area contributed by atoms with Gasteiger partial charge in [0.05, 0.1) is 20.0 Å². The van der Waals surface area contributed by atoms with Gasteiger partial charge in [0, 0.05) is 6.42 Å². The zero-order valence-electron chi connectivity index (χ0n) is 7.76. The molecule has 0 N–H and O–H groups in total. The van der Waals surface area contributed by atoms with Gasteiger partial charge in [0.1, 0.15) is 5.76 Å². The number of hydrogen-bond donors (Lipinski definition) is 0. The highest BCUT2D eigenvalue weighted by Gasteiger charge is 2.03. The standard InChI is InChI=1S/C10H14O2/c1-8-6-9(11-2)4-5-10(7-8)12-3/h4-6H,7H2,1-3H3. The summed E-state index contributed by atoms with van der Waals surface area (Å²) in [5.41, 5.74) is 1.24. The van der Waals surface area contributed by atoms with Gasteiger partial charge in [-0.25, -0.2) is 0 Å². The summed E-state index contributed by atoms with van der Waals surface area (Å²) in [7, 11) is 3.35. The fourth-order valence-corrected chi connectivity index (χ4v) is 1.12. The Hall–Kier alpha value is -1.18. The molecule has 0 unspecified atom stereocenters. The first-order valence-corrected chi connectivity index (χ1v) is 3.92. The van der Waals surface area contributed by atoms with Crippen LogP contribution in [0.1, 0.15) is 13.3 Å². The largest absolute Gasteiger partial charge is 0.501 e. The van der Waals surface area contributed by atoms with Crippen molar-refractivity contribution in [2.45, 2.75) is 13.3 Å². The maximum Gasteiger partial charge on any atom is 0.118 e. The van der Waals surface area contributed by atoms with Gasteiger partial charge in [0.25, 0.3) is 0 Å². The Balaban J connectivity index is 2.85. The number of allylic oxidation sites excluding steroid dienone is 4. The van der Waals surface area contributed by atoms with Crippen molar-refractivity contribution in [2.75, 3.05) is 14.2 Å². The molecule has 0 aromatic heterocycles. The predicted octanol–water partition coefficient (Wildman–Crippen LogP) is 2.40. The molecule has 0 saturated carbocycles. The van der Waals surface area contributed by atoms with Crippen LogP contribution in [0, 0.1) is 0 Å². The van der Waals surface area contributed by atoms with E-state index < -0.39 is 0 Å². The lowest BCUT2D eigenvalue weighted by molar-refractivity contribution is 0.283. The zero-order valence-corrected chi connectivity index (χ0v) is 7.76. The van der Waals surface area contributed by atoms with Crippen LogP contribution in [0.5, 0.6) is 0 Å². The van der Waals surface area contributed by atoms with E-state index in [1.807, 2.05) is 18.2 Å². The van der Waals surface area contributed by atoms with Crippen molar-refractivity contribution in [1.82, 2.24) is 0 Å². The van der Waals surface area contributed by atoms with Crippen molar-refractivity contribution in [3.05, 3.63) is 35.3 Å². The quantitative estimate of drug-likeness (QED) is 0.627. The van der Waals surface area contributed by atoms with E-state index in [0.29, 0.717) is 0 Å². The summed E-state index contributed by atoms with van der Waals surface area (Å²) < 4.78 is 10.3. The van der Waals surface area contributed by atoms with Gasteiger partial charge in [-0.05, 0) is 25.2 Å². The van der Waals surface area contributed by atoms with E-state index in [1.165, 1.54) is 5.57 Å². The molecule has 1 rings (SSSR count). The Morgan fingerprint density at radius 2 is 1.92 bits per heavy atom. The van der Waals surface area contributed by atoms with Gasteiger partial charge in [0.2, 0.25) is 0 Å². The first kappa shape index (κ1) is 8.91. The zero-order chi connectivity index (χ0) is 8.97. The van der Waals surface area contributed by atoms with Crippen molar-refractivity contribution >= 4 is 0 Å². The van der Waals surface area contributed by atoms with Crippen LogP contribution in [0.15, 0.2) is 35.3 Å². The number of methoxy groups -OCH3 is 2. The van der Waals surface area contributed by atoms with E-state index in [2.05, 4.69) is 6.92 Å². The normalized spacial score (nSPS) is 17.1. The third kappa shape index (κ3) is 2.16. The van der Waals surface area contributed by atoms with E-state index in [4.69, 9.17) is 9.47 Å². The maximum atomic E-state index is 5.15. The molecule has 2 nitrogen and oxygen atoms in total. The van der Waals surface area contributed by atoms with Gasteiger partial charge < -0.3 is 9.47 Å². The molecule has 0 aromatic carbocycles. The maximum absolute atomic E-state index is 5.15. The van der Waals surface area contributed by atoms with Gasteiger partial charge in [-0.1, -0.05) is 5.57 Å². The number of rotatable bonds is 2. The van der Waals surface area contributed by atoms with Crippen molar-refractivity contribution in [3.8, 4) is 0 Å². The fraction of sp³-hybridized carbons (Fsp3) is 0.400. The second-order valence-electron chi connectivity index (χ2n) is 2.78. The van der Waals surface area contributed by atoms with Gasteiger partial charge in [0.15, 0.2) is 0 Å². The Bertz CT molecular complexity index is 247. The molecule has 66 valence electrons. The van der Waals surface area contributed by atoms with E-state index in [-0.39, 0.29) is 0 Å². The van der Waals surface area contributed by atoms with Crippen LogP contribution in [-0.4, -0.2) is 14.2 Å². The molecule has 0 spiro atoms. The number of ether oxygens (including phenoxy) is 2. The second kappa shape index (κ2) is 4.00. The predicted molar refractivity (Wildman–Crippen MR) is 48.6 cm³/mol. The molecule has 0 aromatic rings. The van der Waals surface area contributed by atoms with Crippen LogP contribution >= 0.6 is 0 Å². The summed E-state index contributed by atoms with van der Waals surface area (Å²) in [6.07, 6.45) is 6.73. The van der Waals surface area contributed by atoms with Crippen molar-refractivity contribution in [3.63, 3.8) is 0 Å². The summed E-state index contributed by atoms with van der Waals surface area (Å²) >= 11 is 0. The highest BCUT2D eigenvalue weighted by molar-refractivity contribution is 5.29. The van der Waals surface area contributed by atoms with E-state index >= 15 is 0 Å². The van der Waals surface area contributed by atoms with Crippen LogP contribution in [0.4, 0.5) is 0 Å². The average molecular weight is 166 g/mol. The summed E-state index contributed by atoms with van der Waals surface area (Å²) in [4.78, 5) is 0.